The Kier molecular flexibility index (Phi) is 4.30. The summed E-state index contributed by atoms with van der Waals surface area (Å²) in [6.45, 7) is 0.450. The summed E-state index contributed by atoms with van der Waals surface area (Å²) in [4.78, 5) is 24.3. The maximum atomic E-state index is 12.4. The number of rotatable bonds is 4. The molecule has 2 rings (SSSR count). The van der Waals surface area contributed by atoms with Gasteiger partial charge in [-0.1, -0.05) is 12.1 Å². The molecule has 1 fully saturated rings. The van der Waals surface area contributed by atoms with E-state index in [2.05, 4.69) is 5.32 Å². The Morgan fingerprint density at radius 2 is 2.14 bits per heavy atom. The van der Waals surface area contributed by atoms with Gasteiger partial charge in [-0.05, 0) is 25.0 Å². The first-order valence-electron chi connectivity index (χ1n) is 6.70. The van der Waals surface area contributed by atoms with Gasteiger partial charge in [-0.2, -0.15) is 13.2 Å². The van der Waals surface area contributed by atoms with E-state index in [1.54, 1.807) is 25.1 Å². The fourth-order valence-electron chi connectivity index (χ4n) is 2.55. The van der Waals surface area contributed by atoms with Crippen LogP contribution in [0, 0.1) is 6.92 Å². The van der Waals surface area contributed by atoms with E-state index in [4.69, 9.17) is 5.73 Å². The highest BCUT2D eigenvalue weighted by Gasteiger charge is 2.39. The van der Waals surface area contributed by atoms with Crippen LogP contribution in [0.1, 0.15) is 22.3 Å². The van der Waals surface area contributed by atoms with E-state index in [-0.39, 0.29) is 18.5 Å². The van der Waals surface area contributed by atoms with E-state index in [1.165, 1.54) is 0 Å². The van der Waals surface area contributed by atoms with E-state index < -0.39 is 30.6 Å². The number of amides is 2. The van der Waals surface area contributed by atoms with Gasteiger partial charge in [0.1, 0.15) is 12.6 Å². The van der Waals surface area contributed by atoms with Crippen LogP contribution in [0.2, 0.25) is 0 Å². The van der Waals surface area contributed by atoms with E-state index in [0.717, 1.165) is 4.90 Å². The maximum Gasteiger partial charge on any atom is 0.406 e. The topological polar surface area (TPSA) is 75.4 Å². The van der Waals surface area contributed by atoms with Crippen LogP contribution >= 0.6 is 0 Å². The molecule has 8 heteroatoms. The summed E-state index contributed by atoms with van der Waals surface area (Å²) in [6.07, 6.45) is -4.19. The third kappa shape index (κ3) is 3.49. The van der Waals surface area contributed by atoms with E-state index in [9.17, 15) is 22.8 Å². The average Bonchev–Trinajstić information content (AvgIpc) is 2.69. The molecule has 22 heavy (non-hydrogen) atoms. The third-order valence-electron chi connectivity index (χ3n) is 3.52. The monoisotopic (exact) mass is 315 g/mol. The van der Waals surface area contributed by atoms with Crippen molar-refractivity contribution in [2.75, 3.05) is 18.4 Å². The second-order valence-electron chi connectivity index (χ2n) is 5.22. The Morgan fingerprint density at radius 3 is 2.73 bits per heavy atom. The molecule has 0 spiro atoms. The molecule has 1 aliphatic heterocycles. The summed E-state index contributed by atoms with van der Waals surface area (Å²) >= 11 is 0. The number of nitrogens with zero attached hydrogens (tertiary/aromatic N) is 1. The summed E-state index contributed by atoms with van der Waals surface area (Å²) in [7, 11) is 0. The van der Waals surface area contributed by atoms with Gasteiger partial charge >= 0.3 is 6.18 Å². The molecule has 1 aliphatic rings. The van der Waals surface area contributed by atoms with Gasteiger partial charge in [0.25, 0.3) is 5.91 Å². The van der Waals surface area contributed by atoms with Gasteiger partial charge in [-0.15, -0.1) is 0 Å². The number of hydrogen-bond acceptors (Lipinski definition) is 3. The van der Waals surface area contributed by atoms with Gasteiger partial charge < -0.3 is 16.0 Å². The molecule has 0 saturated carbocycles. The first-order valence-corrected chi connectivity index (χ1v) is 6.70. The third-order valence-corrected chi connectivity index (χ3v) is 3.52. The molecule has 0 bridgehead atoms. The second-order valence-corrected chi connectivity index (χ2v) is 5.22. The molecule has 0 radical (unpaired) electrons. The number of alkyl halides is 3. The molecule has 0 aliphatic carbocycles. The van der Waals surface area contributed by atoms with E-state index in [1.807, 2.05) is 0 Å². The summed E-state index contributed by atoms with van der Waals surface area (Å²) in [6, 6.07) is 4.16. The van der Waals surface area contributed by atoms with Crippen molar-refractivity contribution in [1.82, 2.24) is 4.90 Å². The van der Waals surface area contributed by atoms with Gasteiger partial charge in [0.2, 0.25) is 5.91 Å². The normalized spacial score (nSPS) is 18.6. The Bertz CT molecular complexity index is 601. The van der Waals surface area contributed by atoms with Crippen LogP contribution in [-0.2, 0) is 4.79 Å². The number of likely N-dealkylation sites (tertiary alicyclic amines) is 1. The number of anilines is 1. The quantitative estimate of drug-likeness (QED) is 0.887. The number of aryl methyl sites for hydroxylation is 1. The van der Waals surface area contributed by atoms with E-state index >= 15 is 0 Å². The molecule has 1 unspecified atom stereocenters. The van der Waals surface area contributed by atoms with Crippen molar-refractivity contribution >= 4 is 17.5 Å². The van der Waals surface area contributed by atoms with Crippen molar-refractivity contribution < 1.29 is 22.8 Å². The van der Waals surface area contributed by atoms with Crippen molar-refractivity contribution in [1.29, 1.82) is 0 Å². The first kappa shape index (κ1) is 16.1. The first-order chi connectivity index (χ1) is 10.2. The second kappa shape index (κ2) is 5.86. The molecule has 1 heterocycles. The lowest BCUT2D eigenvalue weighted by Gasteiger charge is -2.20. The van der Waals surface area contributed by atoms with Crippen molar-refractivity contribution in [2.24, 2.45) is 5.73 Å². The Morgan fingerprint density at radius 1 is 1.45 bits per heavy atom. The number of hydrogen-bond donors (Lipinski definition) is 2. The fourth-order valence-corrected chi connectivity index (χ4v) is 2.55. The fraction of sp³-hybridized carbons (Fsp3) is 0.429. The lowest BCUT2D eigenvalue weighted by molar-refractivity contribution is -0.157. The Labute approximate surface area is 125 Å². The number of benzene rings is 1. The van der Waals surface area contributed by atoms with Crippen LogP contribution in [-0.4, -0.2) is 42.0 Å². The number of nitrogens with one attached hydrogen (secondary N) is 1. The summed E-state index contributed by atoms with van der Waals surface area (Å²) < 4.78 is 37.1. The van der Waals surface area contributed by atoms with Gasteiger partial charge in [0, 0.05) is 12.2 Å². The minimum atomic E-state index is -4.42. The smallest absolute Gasteiger partial charge is 0.373 e. The van der Waals surface area contributed by atoms with Crippen LogP contribution in [0.25, 0.3) is 0 Å². The number of carbonyl (C=O) groups excluding carboxylic acids is 2. The predicted molar refractivity (Wildman–Crippen MR) is 74.4 cm³/mol. The summed E-state index contributed by atoms with van der Waals surface area (Å²) in [5.74, 6) is -1.28. The summed E-state index contributed by atoms with van der Waals surface area (Å²) in [5, 5.41) is 2.84. The molecule has 1 aromatic rings. The molecule has 0 aromatic heterocycles. The van der Waals surface area contributed by atoms with Gasteiger partial charge in [0.05, 0.1) is 5.56 Å². The average molecular weight is 315 g/mol. The molecular weight excluding hydrogens is 299 g/mol. The highest BCUT2D eigenvalue weighted by Crippen LogP contribution is 2.25. The van der Waals surface area contributed by atoms with Crippen molar-refractivity contribution in [3.05, 3.63) is 29.3 Å². The molecule has 120 valence electrons. The highest BCUT2D eigenvalue weighted by molar-refractivity contribution is 6.00. The SMILES string of the molecule is Cc1cccc(NC2CCN(CC(F)(F)F)C2=O)c1C(N)=O. The number of primary amides is 1. The van der Waals surface area contributed by atoms with Crippen LogP contribution in [0.5, 0.6) is 0 Å². The lowest BCUT2D eigenvalue weighted by atomic mass is 10.1. The van der Waals surface area contributed by atoms with E-state index in [0.29, 0.717) is 11.3 Å². The molecule has 5 nitrogen and oxygen atoms in total. The number of carbonyl (C=O) groups is 2. The molecular formula is C14H16F3N3O2. The van der Waals surface area contributed by atoms with Crippen LogP contribution in [0.15, 0.2) is 18.2 Å². The number of nitrogens with two attached hydrogens (primary N) is 1. The zero-order valence-electron chi connectivity index (χ0n) is 11.9. The Balaban J connectivity index is 2.15. The van der Waals surface area contributed by atoms with Gasteiger partial charge in [-0.25, -0.2) is 0 Å². The minimum Gasteiger partial charge on any atom is -0.373 e. The zero-order valence-corrected chi connectivity index (χ0v) is 11.9. The standard InChI is InChI=1S/C14H16F3N3O2/c1-8-3-2-4-9(11(8)12(18)21)19-10-5-6-20(13(10)22)7-14(15,16)17/h2-4,10,19H,5-7H2,1H3,(H2,18,21). The van der Waals surface area contributed by atoms with Crippen LogP contribution < -0.4 is 11.1 Å². The maximum absolute atomic E-state index is 12.4. The van der Waals surface area contributed by atoms with Crippen LogP contribution in [0.3, 0.4) is 0 Å². The zero-order chi connectivity index (χ0) is 16.5. The van der Waals surface area contributed by atoms with Crippen molar-refractivity contribution in [2.45, 2.75) is 25.6 Å². The van der Waals surface area contributed by atoms with Crippen molar-refractivity contribution in [3.8, 4) is 0 Å². The summed E-state index contributed by atoms with van der Waals surface area (Å²) in [5.41, 5.74) is 6.55. The van der Waals surface area contributed by atoms with Gasteiger partial charge in [-0.3, -0.25) is 9.59 Å². The van der Waals surface area contributed by atoms with Gasteiger partial charge in [0.15, 0.2) is 0 Å². The molecule has 1 saturated heterocycles. The minimum absolute atomic E-state index is 0.0216. The highest BCUT2D eigenvalue weighted by atomic mass is 19.4. The van der Waals surface area contributed by atoms with Crippen molar-refractivity contribution in [3.63, 3.8) is 0 Å². The lowest BCUT2D eigenvalue weighted by Crippen LogP contribution is -2.39. The molecule has 2 amide bonds. The van der Waals surface area contributed by atoms with Crippen LogP contribution in [0.4, 0.5) is 18.9 Å². The Hall–Kier alpha value is -2.25. The number of halogens is 3. The molecule has 3 N–H and O–H groups in total. The molecule has 1 atom stereocenters. The predicted octanol–water partition coefficient (Wildman–Crippen LogP) is 1.67. The largest absolute Gasteiger partial charge is 0.406 e. The molecule has 1 aromatic carbocycles.